The second kappa shape index (κ2) is 7.23. The molecule has 0 bridgehead atoms. The van der Waals surface area contributed by atoms with Crippen LogP contribution in [0.3, 0.4) is 0 Å². The van der Waals surface area contributed by atoms with Crippen LogP contribution in [0, 0.1) is 12.7 Å². The van der Waals surface area contributed by atoms with E-state index >= 15 is 0 Å². The van der Waals surface area contributed by atoms with Gasteiger partial charge < -0.3 is 10.1 Å². The van der Waals surface area contributed by atoms with Gasteiger partial charge in [-0.1, -0.05) is 6.07 Å². The number of benzene rings is 2. The average molecular weight is 342 g/mol. The lowest BCUT2D eigenvalue weighted by Crippen LogP contribution is -2.13. The van der Waals surface area contributed by atoms with Crippen LogP contribution in [0.1, 0.15) is 21.6 Å². The Hall–Kier alpha value is -2.73. The van der Waals surface area contributed by atoms with E-state index in [9.17, 15) is 9.18 Å². The fraction of sp³-hybridized carbons (Fsp3) is 0.111. The van der Waals surface area contributed by atoms with E-state index in [2.05, 4.69) is 10.3 Å². The van der Waals surface area contributed by atoms with Crippen molar-refractivity contribution in [1.29, 1.82) is 0 Å². The van der Waals surface area contributed by atoms with Gasteiger partial charge in [0.2, 0.25) is 0 Å². The van der Waals surface area contributed by atoms with Gasteiger partial charge in [0.05, 0.1) is 16.9 Å². The van der Waals surface area contributed by atoms with Gasteiger partial charge in [-0.05, 0) is 48.9 Å². The zero-order chi connectivity index (χ0) is 16.9. The van der Waals surface area contributed by atoms with Gasteiger partial charge in [-0.2, -0.15) is 0 Å². The molecule has 0 saturated carbocycles. The SMILES string of the molecule is Cc1ccc(NC(=O)c2ccc(OCc3cscn3)cc2)c(F)c1. The molecule has 0 fully saturated rings. The Labute approximate surface area is 142 Å². The fourth-order valence-electron chi connectivity index (χ4n) is 2.08. The summed E-state index contributed by atoms with van der Waals surface area (Å²) in [5, 5.41) is 4.48. The summed E-state index contributed by atoms with van der Waals surface area (Å²) < 4.78 is 19.4. The maximum atomic E-state index is 13.8. The summed E-state index contributed by atoms with van der Waals surface area (Å²) in [6.45, 7) is 2.17. The molecule has 0 atom stereocenters. The van der Waals surface area contributed by atoms with Crippen molar-refractivity contribution in [2.75, 3.05) is 5.32 Å². The number of hydrogen-bond acceptors (Lipinski definition) is 4. The topological polar surface area (TPSA) is 51.2 Å². The first-order valence-electron chi connectivity index (χ1n) is 7.29. The number of carbonyl (C=O) groups is 1. The van der Waals surface area contributed by atoms with E-state index in [1.807, 2.05) is 5.38 Å². The lowest BCUT2D eigenvalue weighted by atomic mass is 10.2. The van der Waals surface area contributed by atoms with Crippen LogP contribution in [-0.4, -0.2) is 10.9 Å². The first-order valence-corrected chi connectivity index (χ1v) is 8.23. The van der Waals surface area contributed by atoms with Crippen LogP contribution in [0.5, 0.6) is 5.75 Å². The van der Waals surface area contributed by atoms with Crippen molar-refractivity contribution in [3.63, 3.8) is 0 Å². The first kappa shape index (κ1) is 16.1. The Morgan fingerprint density at radius 2 is 2.04 bits per heavy atom. The highest BCUT2D eigenvalue weighted by molar-refractivity contribution is 7.07. The maximum Gasteiger partial charge on any atom is 0.255 e. The molecule has 0 aliphatic rings. The summed E-state index contributed by atoms with van der Waals surface area (Å²) in [5.74, 6) is -0.184. The highest BCUT2D eigenvalue weighted by atomic mass is 32.1. The van der Waals surface area contributed by atoms with Gasteiger partial charge in [-0.15, -0.1) is 11.3 Å². The zero-order valence-electron chi connectivity index (χ0n) is 13.0. The smallest absolute Gasteiger partial charge is 0.255 e. The number of amides is 1. The first-order chi connectivity index (χ1) is 11.6. The second-order valence-corrected chi connectivity index (χ2v) is 5.95. The van der Waals surface area contributed by atoms with Gasteiger partial charge in [-0.25, -0.2) is 9.37 Å². The normalized spacial score (nSPS) is 10.4. The summed E-state index contributed by atoms with van der Waals surface area (Å²) in [7, 11) is 0. The zero-order valence-corrected chi connectivity index (χ0v) is 13.8. The highest BCUT2D eigenvalue weighted by Gasteiger charge is 2.09. The summed E-state index contributed by atoms with van der Waals surface area (Å²) in [5.41, 5.74) is 3.99. The number of aryl methyl sites for hydroxylation is 1. The van der Waals surface area contributed by atoms with E-state index in [0.717, 1.165) is 11.3 Å². The third-order valence-electron chi connectivity index (χ3n) is 3.36. The van der Waals surface area contributed by atoms with E-state index in [-0.39, 0.29) is 11.6 Å². The summed E-state index contributed by atoms with van der Waals surface area (Å²) >= 11 is 1.51. The molecule has 0 unspecified atom stereocenters. The molecule has 0 saturated heterocycles. The molecule has 122 valence electrons. The molecule has 3 rings (SSSR count). The third kappa shape index (κ3) is 3.97. The molecule has 6 heteroatoms. The van der Waals surface area contributed by atoms with Crippen LogP contribution in [0.4, 0.5) is 10.1 Å². The van der Waals surface area contributed by atoms with Crippen LogP contribution in [-0.2, 0) is 6.61 Å². The Balaban J connectivity index is 1.63. The number of rotatable bonds is 5. The van der Waals surface area contributed by atoms with Crippen LogP contribution in [0.25, 0.3) is 0 Å². The van der Waals surface area contributed by atoms with Crippen LogP contribution in [0.15, 0.2) is 53.4 Å². The average Bonchev–Trinajstić information content (AvgIpc) is 3.09. The molecule has 0 radical (unpaired) electrons. The molecule has 1 heterocycles. The lowest BCUT2D eigenvalue weighted by Gasteiger charge is -2.08. The van der Waals surface area contributed by atoms with E-state index in [1.54, 1.807) is 48.8 Å². The monoisotopic (exact) mass is 342 g/mol. The molecule has 0 aliphatic carbocycles. The Bertz CT molecular complexity index is 833. The molecule has 4 nitrogen and oxygen atoms in total. The van der Waals surface area contributed by atoms with E-state index in [0.29, 0.717) is 17.9 Å². The van der Waals surface area contributed by atoms with Gasteiger partial charge in [-0.3, -0.25) is 4.79 Å². The summed E-state index contributed by atoms with van der Waals surface area (Å²) in [4.78, 5) is 16.3. The minimum Gasteiger partial charge on any atom is -0.487 e. The van der Waals surface area contributed by atoms with Crippen LogP contribution >= 0.6 is 11.3 Å². The van der Waals surface area contributed by atoms with Gasteiger partial charge in [0.15, 0.2) is 0 Å². The number of carbonyl (C=O) groups excluding carboxylic acids is 1. The number of nitrogens with zero attached hydrogens (tertiary/aromatic N) is 1. The number of anilines is 1. The number of halogens is 1. The van der Waals surface area contributed by atoms with Gasteiger partial charge in [0, 0.05) is 10.9 Å². The molecule has 0 spiro atoms. The molecule has 3 aromatic rings. The summed E-state index contributed by atoms with van der Waals surface area (Å²) in [6.07, 6.45) is 0. The molecule has 1 amide bonds. The van der Waals surface area contributed by atoms with Crippen molar-refractivity contribution in [3.8, 4) is 5.75 Å². The Kier molecular flexibility index (Phi) is 4.86. The van der Waals surface area contributed by atoms with Gasteiger partial charge in [0.25, 0.3) is 5.91 Å². The number of nitrogens with one attached hydrogen (secondary N) is 1. The Morgan fingerprint density at radius 1 is 1.25 bits per heavy atom. The largest absolute Gasteiger partial charge is 0.487 e. The number of hydrogen-bond donors (Lipinski definition) is 1. The summed E-state index contributed by atoms with van der Waals surface area (Å²) in [6, 6.07) is 11.3. The fourth-order valence-corrected chi connectivity index (χ4v) is 2.63. The van der Waals surface area contributed by atoms with Crippen molar-refractivity contribution in [3.05, 3.63) is 76.0 Å². The molecule has 2 aromatic carbocycles. The van der Waals surface area contributed by atoms with Gasteiger partial charge >= 0.3 is 0 Å². The Morgan fingerprint density at radius 3 is 2.71 bits per heavy atom. The maximum absolute atomic E-state index is 13.8. The molecular weight excluding hydrogens is 327 g/mol. The minimum atomic E-state index is -0.452. The second-order valence-electron chi connectivity index (χ2n) is 5.23. The number of ether oxygens (including phenoxy) is 1. The standard InChI is InChI=1S/C18H15FN2O2S/c1-12-2-7-17(16(19)8-12)21-18(22)13-3-5-15(6-4-13)23-9-14-10-24-11-20-14/h2-8,10-11H,9H2,1H3,(H,21,22). The predicted octanol–water partition coefficient (Wildman–Crippen LogP) is 4.42. The van der Waals surface area contributed by atoms with E-state index < -0.39 is 5.82 Å². The highest BCUT2D eigenvalue weighted by Crippen LogP contribution is 2.18. The lowest BCUT2D eigenvalue weighted by molar-refractivity contribution is 0.102. The quantitative estimate of drug-likeness (QED) is 0.747. The molecule has 0 aliphatic heterocycles. The van der Waals surface area contributed by atoms with Crippen LogP contribution < -0.4 is 10.1 Å². The molecule has 1 aromatic heterocycles. The molecule has 1 N–H and O–H groups in total. The van der Waals surface area contributed by atoms with Crippen molar-refractivity contribution in [2.24, 2.45) is 0 Å². The number of thiazole rings is 1. The van der Waals surface area contributed by atoms with Crippen LogP contribution in [0.2, 0.25) is 0 Å². The number of aromatic nitrogens is 1. The minimum absolute atomic E-state index is 0.162. The predicted molar refractivity (Wildman–Crippen MR) is 92.0 cm³/mol. The van der Waals surface area contributed by atoms with Crippen molar-refractivity contribution in [1.82, 2.24) is 4.98 Å². The third-order valence-corrected chi connectivity index (χ3v) is 3.99. The molecular formula is C18H15FN2O2S. The van der Waals surface area contributed by atoms with Crippen molar-refractivity contribution in [2.45, 2.75) is 13.5 Å². The van der Waals surface area contributed by atoms with E-state index in [4.69, 9.17) is 4.74 Å². The van der Waals surface area contributed by atoms with Crippen molar-refractivity contribution >= 4 is 22.9 Å². The van der Waals surface area contributed by atoms with Crippen molar-refractivity contribution < 1.29 is 13.9 Å². The van der Waals surface area contributed by atoms with E-state index in [1.165, 1.54) is 17.4 Å². The molecule has 24 heavy (non-hydrogen) atoms. The van der Waals surface area contributed by atoms with Gasteiger partial charge in [0.1, 0.15) is 18.2 Å².